The topological polar surface area (TPSA) is 64.5 Å². The molecule has 0 spiro atoms. The molecule has 0 bridgehead atoms. The van der Waals surface area contributed by atoms with Gasteiger partial charge in [0.2, 0.25) is 12.3 Å². The Balaban J connectivity index is 1.66. The van der Waals surface area contributed by atoms with Crippen LogP contribution in [-0.2, 0) is 4.79 Å². The molecule has 1 aliphatic rings. The van der Waals surface area contributed by atoms with Crippen LogP contribution in [-0.4, -0.2) is 42.9 Å². The van der Waals surface area contributed by atoms with Crippen molar-refractivity contribution in [2.45, 2.75) is 19.0 Å². The summed E-state index contributed by atoms with van der Waals surface area (Å²) in [7, 11) is 3.98. The maximum absolute atomic E-state index is 12.9. The number of nitrogens with one attached hydrogen (secondary N) is 2. The summed E-state index contributed by atoms with van der Waals surface area (Å²) in [5, 5.41) is 2.93. The van der Waals surface area contributed by atoms with Crippen LogP contribution in [0.15, 0.2) is 78.9 Å². The van der Waals surface area contributed by atoms with Crippen LogP contribution < -0.4 is 15.6 Å². The van der Waals surface area contributed by atoms with Crippen LogP contribution >= 0.6 is 0 Å². The molecule has 32 heavy (non-hydrogen) atoms. The molecule has 0 aliphatic carbocycles. The highest BCUT2D eigenvalue weighted by atomic mass is 16.2. The van der Waals surface area contributed by atoms with E-state index in [0.717, 1.165) is 22.4 Å². The maximum atomic E-state index is 12.9. The Morgan fingerprint density at radius 3 is 2.25 bits per heavy atom. The Bertz CT molecular complexity index is 1140. The van der Waals surface area contributed by atoms with Gasteiger partial charge in [0.25, 0.3) is 5.91 Å². The van der Waals surface area contributed by atoms with Crippen LogP contribution in [0, 0.1) is 6.92 Å². The number of carbonyl (C=O) groups excluding carboxylic acids is 2. The first-order valence-electron chi connectivity index (χ1n) is 10.6. The molecule has 2 atom stereocenters. The molecular weight excluding hydrogens is 400 g/mol. The summed E-state index contributed by atoms with van der Waals surface area (Å²) in [6.45, 7) is 1.97. The highest BCUT2D eigenvalue weighted by molar-refractivity contribution is 5.98. The minimum absolute atomic E-state index is 0.250. The molecule has 0 radical (unpaired) electrons. The van der Waals surface area contributed by atoms with Crippen molar-refractivity contribution in [1.29, 1.82) is 0 Å². The molecule has 0 aromatic heterocycles. The molecule has 2 amide bonds. The van der Waals surface area contributed by atoms with Crippen molar-refractivity contribution < 1.29 is 14.3 Å². The van der Waals surface area contributed by atoms with E-state index in [4.69, 9.17) is 0 Å². The third-order valence-corrected chi connectivity index (χ3v) is 5.58. The minimum atomic E-state index is -0.733. The number of rotatable bonds is 5. The third kappa shape index (κ3) is 4.54. The van der Waals surface area contributed by atoms with Crippen LogP contribution in [0.2, 0.25) is 0 Å². The molecule has 3 aromatic carbocycles. The van der Waals surface area contributed by atoms with Gasteiger partial charge in [-0.15, -0.1) is 10.1 Å². The van der Waals surface area contributed by atoms with Gasteiger partial charge in [-0.2, -0.15) is 0 Å². The molecule has 1 fully saturated rings. The monoisotopic (exact) mass is 427 g/mol. The smallest absolute Gasteiger partial charge is 0.304 e. The molecule has 162 valence electrons. The molecular formula is C26H27N4O2+. The second kappa shape index (κ2) is 9.06. The summed E-state index contributed by atoms with van der Waals surface area (Å²) in [5.41, 5.74) is 7.49. The second-order valence-electron chi connectivity index (χ2n) is 8.17. The Morgan fingerprint density at radius 2 is 1.62 bits per heavy atom. The quantitative estimate of drug-likeness (QED) is 0.615. The van der Waals surface area contributed by atoms with Gasteiger partial charge in [-0.3, -0.25) is 9.59 Å². The molecule has 1 saturated heterocycles. The zero-order valence-corrected chi connectivity index (χ0v) is 18.4. The number of carbonyl (C=O) groups is 2. The highest BCUT2D eigenvalue weighted by Crippen LogP contribution is 2.25. The van der Waals surface area contributed by atoms with Gasteiger partial charge in [0, 0.05) is 36.5 Å². The Kier molecular flexibility index (Phi) is 6.03. The molecule has 3 aromatic rings. The number of hydrogen-bond donors (Lipinski definition) is 2. The number of amides is 2. The number of hydrogen-bond acceptors (Lipinski definition) is 3. The molecule has 6 nitrogen and oxygen atoms in total. The minimum Gasteiger partial charge on any atom is -0.378 e. The number of aryl methyl sites for hydroxylation is 1. The van der Waals surface area contributed by atoms with E-state index in [9.17, 15) is 9.59 Å². The van der Waals surface area contributed by atoms with Gasteiger partial charge in [0.1, 0.15) is 0 Å². The predicted octanol–water partition coefficient (Wildman–Crippen LogP) is 3.08. The fraction of sp³-hybridized carbons (Fsp3) is 0.192. The lowest BCUT2D eigenvalue weighted by Gasteiger charge is -2.15. The van der Waals surface area contributed by atoms with E-state index < -0.39 is 6.04 Å². The van der Waals surface area contributed by atoms with Gasteiger partial charge in [0.05, 0.1) is 0 Å². The van der Waals surface area contributed by atoms with Crippen LogP contribution in [0.5, 0.6) is 0 Å². The lowest BCUT2D eigenvalue weighted by Crippen LogP contribution is -2.42. The van der Waals surface area contributed by atoms with E-state index in [1.165, 1.54) is 0 Å². The van der Waals surface area contributed by atoms with Crippen molar-refractivity contribution in [3.63, 3.8) is 0 Å². The molecule has 2 N–H and O–H groups in total. The fourth-order valence-electron chi connectivity index (χ4n) is 3.78. The van der Waals surface area contributed by atoms with Crippen LogP contribution in [0.4, 0.5) is 5.69 Å². The van der Waals surface area contributed by atoms with Gasteiger partial charge in [0.15, 0.2) is 6.04 Å². The van der Waals surface area contributed by atoms with E-state index in [1.54, 1.807) is 16.8 Å². The van der Waals surface area contributed by atoms with E-state index >= 15 is 0 Å². The van der Waals surface area contributed by atoms with Gasteiger partial charge in [-0.05, 0) is 43.3 Å². The van der Waals surface area contributed by atoms with Crippen LogP contribution in [0.25, 0.3) is 0 Å². The van der Waals surface area contributed by atoms with E-state index in [-0.39, 0.29) is 17.9 Å². The Hall–Kier alpha value is -3.93. The molecule has 4 rings (SSSR count). The Labute approximate surface area is 188 Å². The first-order valence-corrected chi connectivity index (χ1v) is 10.6. The first kappa shape index (κ1) is 21.3. The van der Waals surface area contributed by atoms with E-state index in [1.807, 2.05) is 98.9 Å². The van der Waals surface area contributed by atoms with Gasteiger partial charge in [-0.1, -0.05) is 48.0 Å². The summed E-state index contributed by atoms with van der Waals surface area (Å²) in [6.07, 6.45) is 1.90. The number of anilines is 1. The second-order valence-corrected chi connectivity index (χ2v) is 8.17. The molecule has 1 heterocycles. The Morgan fingerprint density at radius 1 is 0.969 bits per heavy atom. The van der Waals surface area contributed by atoms with E-state index in [0.29, 0.717) is 5.56 Å². The number of nitrogens with zero attached hydrogens (tertiary/aromatic N) is 2. The van der Waals surface area contributed by atoms with Crippen molar-refractivity contribution >= 4 is 23.7 Å². The zero-order chi connectivity index (χ0) is 22.7. The zero-order valence-electron chi connectivity index (χ0n) is 18.4. The summed E-state index contributed by atoms with van der Waals surface area (Å²) >= 11 is 0. The SMILES string of the molecule is Cc1ccc(C(=O)N[C@@H]2C(=O)N/[N+](=C\c3ccc(N(C)C)cc3)[C@H]2c2ccccc2)cc1. The molecule has 0 saturated carbocycles. The maximum Gasteiger partial charge on any atom is 0.304 e. The predicted molar refractivity (Wildman–Crippen MR) is 126 cm³/mol. The van der Waals surface area contributed by atoms with Crippen molar-refractivity contribution in [1.82, 2.24) is 10.7 Å². The summed E-state index contributed by atoms with van der Waals surface area (Å²) in [6, 6.07) is 24.0. The van der Waals surface area contributed by atoms with Crippen molar-refractivity contribution in [3.05, 3.63) is 101 Å². The standard InChI is InChI=1S/C26H26N4O2/c1-18-9-13-21(14-10-18)25(31)27-23-24(20-7-5-4-6-8-20)30(28-26(23)32)17-19-11-15-22(16-12-19)29(2)3/h4-17,23-24H,1-3H3,(H-,27,28,31,32)/p+1/t23-,24-/m0/s1. The average Bonchev–Trinajstić information content (AvgIpc) is 3.09. The fourth-order valence-corrected chi connectivity index (χ4v) is 3.78. The lowest BCUT2D eigenvalue weighted by molar-refractivity contribution is -0.596. The molecule has 6 heteroatoms. The normalized spacial score (nSPS) is 19.0. The van der Waals surface area contributed by atoms with Gasteiger partial charge in [-0.25, -0.2) is 0 Å². The summed E-state index contributed by atoms with van der Waals surface area (Å²) in [4.78, 5) is 27.8. The highest BCUT2D eigenvalue weighted by Gasteiger charge is 2.47. The summed E-state index contributed by atoms with van der Waals surface area (Å²) < 4.78 is 1.78. The van der Waals surface area contributed by atoms with Crippen molar-refractivity contribution in [3.8, 4) is 0 Å². The number of benzene rings is 3. The van der Waals surface area contributed by atoms with Crippen LogP contribution in [0.1, 0.15) is 33.1 Å². The molecule has 0 unspecified atom stereocenters. The summed E-state index contributed by atoms with van der Waals surface area (Å²) in [5.74, 6) is -0.524. The third-order valence-electron chi connectivity index (χ3n) is 5.58. The van der Waals surface area contributed by atoms with E-state index in [2.05, 4.69) is 10.7 Å². The van der Waals surface area contributed by atoms with Crippen molar-refractivity contribution in [2.75, 3.05) is 19.0 Å². The number of hydrazine groups is 1. The molecule has 1 aliphatic heterocycles. The van der Waals surface area contributed by atoms with Crippen molar-refractivity contribution in [2.24, 2.45) is 0 Å². The van der Waals surface area contributed by atoms with Crippen LogP contribution in [0.3, 0.4) is 0 Å². The average molecular weight is 428 g/mol. The first-order chi connectivity index (χ1) is 15.4. The largest absolute Gasteiger partial charge is 0.378 e. The number of hydrazone groups is 1. The van der Waals surface area contributed by atoms with Gasteiger partial charge < -0.3 is 10.2 Å². The lowest BCUT2D eigenvalue weighted by atomic mass is 9.99. The van der Waals surface area contributed by atoms with Gasteiger partial charge >= 0.3 is 5.91 Å².